The van der Waals surface area contributed by atoms with Gasteiger partial charge in [-0.15, -0.1) is 11.3 Å². The van der Waals surface area contributed by atoms with Gasteiger partial charge in [0, 0.05) is 24.2 Å². The number of nitrogens with one attached hydrogen (secondary N) is 1. The zero-order valence-electron chi connectivity index (χ0n) is 15.1. The van der Waals surface area contributed by atoms with Crippen molar-refractivity contribution in [2.45, 2.75) is 13.8 Å². The first-order valence-corrected chi connectivity index (χ1v) is 9.10. The third kappa shape index (κ3) is 3.26. The molecule has 27 heavy (non-hydrogen) atoms. The van der Waals surface area contributed by atoms with Crippen LogP contribution in [0.2, 0.25) is 0 Å². The van der Waals surface area contributed by atoms with Crippen LogP contribution < -0.4 is 10.1 Å². The van der Waals surface area contributed by atoms with E-state index < -0.39 is 0 Å². The largest absolute Gasteiger partial charge is 0.495 e. The van der Waals surface area contributed by atoms with E-state index in [-0.39, 0.29) is 5.91 Å². The van der Waals surface area contributed by atoms with Gasteiger partial charge in [-0.3, -0.25) is 9.20 Å². The number of nitrogens with zero attached hydrogens (tertiary/aromatic N) is 4. The second kappa shape index (κ2) is 6.81. The SMILES string of the molecule is COc1ccc(-c2cn3cccnc3n2)cc1NC(=O)c1sc(C)nc1C. The predicted molar refractivity (Wildman–Crippen MR) is 105 cm³/mol. The van der Waals surface area contributed by atoms with Crippen LogP contribution in [0, 0.1) is 13.8 Å². The maximum Gasteiger partial charge on any atom is 0.267 e. The number of hydrogen-bond acceptors (Lipinski definition) is 6. The van der Waals surface area contributed by atoms with Crippen molar-refractivity contribution in [1.29, 1.82) is 0 Å². The normalized spacial score (nSPS) is 10.9. The third-order valence-corrected chi connectivity index (χ3v) is 5.16. The minimum absolute atomic E-state index is 0.204. The molecule has 0 aliphatic carbocycles. The summed E-state index contributed by atoms with van der Waals surface area (Å²) in [6, 6.07) is 7.41. The van der Waals surface area contributed by atoms with Gasteiger partial charge in [0.1, 0.15) is 10.6 Å². The van der Waals surface area contributed by atoms with Crippen LogP contribution in [0.5, 0.6) is 5.75 Å². The number of carbonyl (C=O) groups is 1. The standard InChI is InChI=1S/C19H17N5O2S/c1-11-17(27-12(2)21-11)18(25)22-14-9-13(5-6-16(14)26-3)15-10-24-8-4-7-20-19(24)23-15/h4-10H,1-3H3,(H,22,25). The van der Waals surface area contributed by atoms with Crippen molar-refractivity contribution < 1.29 is 9.53 Å². The molecular formula is C19H17N5O2S. The highest BCUT2D eigenvalue weighted by atomic mass is 32.1. The zero-order valence-corrected chi connectivity index (χ0v) is 15.9. The van der Waals surface area contributed by atoms with Gasteiger partial charge >= 0.3 is 0 Å². The molecule has 3 aromatic heterocycles. The van der Waals surface area contributed by atoms with Crippen molar-refractivity contribution >= 4 is 28.7 Å². The quantitative estimate of drug-likeness (QED) is 0.584. The van der Waals surface area contributed by atoms with Gasteiger partial charge in [0.25, 0.3) is 5.91 Å². The molecule has 7 nitrogen and oxygen atoms in total. The van der Waals surface area contributed by atoms with Crippen LogP contribution in [-0.4, -0.2) is 32.4 Å². The monoisotopic (exact) mass is 379 g/mol. The highest BCUT2D eigenvalue weighted by Gasteiger charge is 2.17. The molecule has 1 N–H and O–H groups in total. The van der Waals surface area contributed by atoms with Gasteiger partial charge < -0.3 is 10.1 Å². The number of benzene rings is 1. The van der Waals surface area contributed by atoms with Crippen molar-refractivity contribution in [3.8, 4) is 17.0 Å². The maximum absolute atomic E-state index is 12.7. The number of aryl methyl sites for hydroxylation is 2. The fourth-order valence-corrected chi connectivity index (χ4v) is 3.67. The number of methoxy groups -OCH3 is 1. The molecule has 0 unspecified atom stereocenters. The molecule has 0 saturated heterocycles. The lowest BCUT2D eigenvalue weighted by Crippen LogP contribution is -2.12. The average molecular weight is 379 g/mol. The van der Waals surface area contributed by atoms with Crippen LogP contribution in [0.25, 0.3) is 17.0 Å². The van der Waals surface area contributed by atoms with Gasteiger partial charge in [0.05, 0.1) is 29.2 Å². The molecule has 0 radical (unpaired) electrons. The van der Waals surface area contributed by atoms with Gasteiger partial charge in [-0.05, 0) is 38.1 Å². The summed E-state index contributed by atoms with van der Waals surface area (Å²) in [6.07, 6.45) is 5.48. The number of rotatable bonds is 4. The Morgan fingerprint density at radius 3 is 2.81 bits per heavy atom. The summed E-state index contributed by atoms with van der Waals surface area (Å²) in [5, 5.41) is 3.79. The molecular weight excluding hydrogens is 362 g/mol. The first kappa shape index (κ1) is 17.2. The molecule has 3 heterocycles. The van der Waals surface area contributed by atoms with E-state index in [4.69, 9.17) is 4.74 Å². The summed E-state index contributed by atoms with van der Waals surface area (Å²) >= 11 is 1.37. The Labute approximate surface area is 159 Å². The highest BCUT2D eigenvalue weighted by molar-refractivity contribution is 7.13. The Morgan fingerprint density at radius 1 is 1.26 bits per heavy atom. The fraction of sp³-hybridized carbons (Fsp3) is 0.158. The summed E-state index contributed by atoms with van der Waals surface area (Å²) < 4.78 is 7.25. The number of anilines is 1. The number of carbonyl (C=O) groups excluding carboxylic acids is 1. The van der Waals surface area contributed by atoms with Crippen LogP contribution in [0.15, 0.2) is 42.9 Å². The van der Waals surface area contributed by atoms with E-state index in [0.717, 1.165) is 22.0 Å². The summed E-state index contributed by atoms with van der Waals surface area (Å²) in [4.78, 5) is 26.3. The van der Waals surface area contributed by atoms with E-state index >= 15 is 0 Å². The average Bonchev–Trinajstić information content (AvgIpc) is 3.24. The van der Waals surface area contributed by atoms with E-state index in [2.05, 4.69) is 20.3 Å². The van der Waals surface area contributed by atoms with Gasteiger partial charge in [0.2, 0.25) is 5.78 Å². The molecule has 4 rings (SSSR count). The van der Waals surface area contributed by atoms with Crippen LogP contribution in [0.3, 0.4) is 0 Å². The second-order valence-corrected chi connectivity index (χ2v) is 7.17. The van der Waals surface area contributed by atoms with Crippen molar-refractivity contribution in [3.05, 3.63) is 58.4 Å². The Kier molecular flexibility index (Phi) is 4.33. The molecule has 4 aromatic rings. The Morgan fingerprint density at radius 2 is 2.11 bits per heavy atom. The molecule has 1 amide bonds. The van der Waals surface area contributed by atoms with Gasteiger partial charge in [-0.1, -0.05) is 0 Å². The number of hydrogen-bond donors (Lipinski definition) is 1. The van der Waals surface area contributed by atoms with E-state index in [9.17, 15) is 4.79 Å². The van der Waals surface area contributed by atoms with Gasteiger partial charge in [-0.2, -0.15) is 0 Å². The molecule has 1 aromatic carbocycles. The molecule has 0 spiro atoms. The topological polar surface area (TPSA) is 81.4 Å². The Balaban J connectivity index is 1.70. The van der Waals surface area contributed by atoms with Crippen LogP contribution >= 0.6 is 11.3 Å². The molecule has 0 aliphatic rings. The number of fused-ring (bicyclic) bond motifs is 1. The minimum Gasteiger partial charge on any atom is -0.495 e. The predicted octanol–water partition coefficient (Wildman–Crippen LogP) is 3.73. The number of thiazole rings is 1. The smallest absolute Gasteiger partial charge is 0.267 e. The van der Waals surface area contributed by atoms with E-state index in [0.29, 0.717) is 22.1 Å². The lowest BCUT2D eigenvalue weighted by molar-refractivity contribution is 0.102. The van der Waals surface area contributed by atoms with Crippen LogP contribution in [0.1, 0.15) is 20.4 Å². The highest BCUT2D eigenvalue weighted by Crippen LogP contribution is 2.31. The molecule has 136 valence electrons. The van der Waals surface area contributed by atoms with E-state index in [1.807, 2.05) is 54.9 Å². The molecule has 8 heteroatoms. The molecule has 0 fully saturated rings. The number of imidazole rings is 1. The first-order chi connectivity index (χ1) is 13.0. The second-order valence-electron chi connectivity index (χ2n) is 5.97. The summed E-state index contributed by atoms with van der Waals surface area (Å²) in [6.45, 7) is 3.71. The number of aromatic nitrogens is 4. The van der Waals surface area contributed by atoms with Crippen LogP contribution in [0.4, 0.5) is 5.69 Å². The van der Waals surface area contributed by atoms with Crippen molar-refractivity contribution in [2.75, 3.05) is 12.4 Å². The van der Waals surface area contributed by atoms with Crippen LogP contribution in [-0.2, 0) is 0 Å². The van der Waals surface area contributed by atoms with E-state index in [1.165, 1.54) is 11.3 Å². The Hall–Kier alpha value is -3.26. The molecule has 0 saturated carbocycles. The fourth-order valence-electron chi connectivity index (χ4n) is 2.86. The maximum atomic E-state index is 12.7. The van der Waals surface area contributed by atoms with E-state index in [1.54, 1.807) is 13.3 Å². The van der Waals surface area contributed by atoms with Crippen molar-refractivity contribution in [1.82, 2.24) is 19.4 Å². The third-order valence-electron chi connectivity index (χ3n) is 4.09. The lowest BCUT2D eigenvalue weighted by atomic mass is 10.1. The Bertz CT molecular complexity index is 1120. The molecule has 0 aliphatic heterocycles. The number of ether oxygens (including phenoxy) is 1. The molecule has 0 bridgehead atoms. The molecule has 0 atom stereocenters. The lowest BCUT2D eigenvalue weighted by Gasteiger charge is -2.11. The first-order valence-electron chi connectivity index (χ1n) is 8.28. The zero-order chi connectivity index (χ0) is 19.0. The van der Waals surface area contributed by atoms with Crippen molar-refractivity contribution in [3.63, 3.8) is 0 Å². The van der Waals surface area contributed by atoms with Crippen molar-refractivity contribution in [2.24, 2.45) is 0 Å². The summed E-state index contributed by atoms with van der Waals surface area (Å²) in [7, 11) is 1.57. The minimum atomic E-state index is -0.204. The van der Waals surface area contributed by atoms with Gasteiger partial charge in [-0.25, -0.2) is 15.0 Å². The summed E-state index contributed by atoms with van der Waals surface area (Å²) in [5.74, 6) is 0.989. The summed E-state index contributed by atoms with van der Waals surface area (Å²) in [5.41, 5.74) is 2.91. The number of amides is 1. The van der Waals surface area contributed by atoms with Gasteiger partial charge in [0.15, 0.2) is 0 Å².